The Balaban J connectivity index is 2.59. The van der Waals surface area contributed by atoms with Crippen molar-refractivity contribution in [1.29, 1.82) is 0 Å². The first-order valence-electron chi connectivity index (χ1n) is 5.65. The van der Waals surface area contributed by atoms with Gasteiger partial charge in [-0.2, -0.15) is 0 Å². The summed E-state index contributed by atoms with van der Waals surface area (Å²) in [6.45, 7) is 1.92. The summed E-state index contributed by atoms with van der Waals surface area (Å²) in [5.41, 5.74) is 2.58. The lowest BCUT2D eigenvalue weighted by molar-refractivity contribution is -0.139. The lowest BCUT2D eigenvalue weighted by atomic mass is 10.0. The first-order chi connectivity index (χ1) is 8.65. The van der Waals surface area contributed by atoms with Crippen LogP contribution >= 0.6 is 0 Å². The van der Waals surface area contributed by atoms with Crippen LogP contribution in [-0.2, 0) is 16.0 Å². The third-order valence-corrected chi connectivity index (χ3v) is 2.83. The number of benzene rings is 1. The van der Waals surface area contributed by atoms with Gasteiger partial charge in [-0.25, -0.2) is 4.98 Å². The molecule has 0 saturated carbocycles. The minimum atomic E-state index is -0.262. The Bertz CT molecular complexity index is 593. The molecule has 2 aromatic rings. The molecule has 94 valence electrons. The van der Waals surface area contributed by atoms with Crippen LogP contribution in [0.3, 0.4) is 0 Å². The quantitative estimate of drug-likeness (QED) is 0.778. The average molecular weight is 245 g/mol. The van der Waals surface area contributed by atoms with Gasteiger partial charge in [-0.05, 0) is 24.6 Å². The molecule has 1 aromatic carbocycles. The number of fused-ring (bicyclic) bond motifs is 1. The summed E-state index contributed by atoms with van der Waals surface area (Å²) in [7, 11) is 3.00. The van der Waals surface area contributed by atoms with E-state index in [9.17, 15) is 4.79 Å². The molecule has 0 spiro atoms. The van der Waals surface area contributed by atoms with Crippen LogP contribution in [-0.4, -0.2) is 25.2 Å². The number of ether oxygens (including phenoxy) is 2. The van der Waals surface area contributed by atoms with E-state index in [0.29, 0.717) is 5.75 Å². The molecule has 0 saturated heterocycles. The smallest absolute Gasteiger partial charge is 0.310 e. The van der Waals surface area contributed by atoms with E-state index < -0.39 is 0 Å². The fourth-order valence-electron chi connectivity index (χ4n) is 1.90. The number of esters is 1. The van der Waals surface area contributed by atoms with Gasteiger partial charge in [0.1, 0.15) is 11.3 Å². The van der Waals surface area contributed by atoms with E-state index in [-0.39, 0.29) is 12.4 Å². The molecule has 0 aliphatic carbocycles. The van der Waals surface area contributed by atoms with Crippen molar-refractivity contribution in [2.75, 3.05) is 14.2 Å². The topological polar surface area (TPSA) is 48.4 Å². The molecule has 18 heavy (non-hydrogen) atoms. The van der Waals surface area contributed by atoms with Gasteiger partial charge in [-0.15, -0.1) is 0 Å². The first kappa shape index (κ1) is 12.4. The van der Waals surface area contributed by atoms with Crippen molar-refractivity contribution in [3.8, 4) is 5.75 Å². The Hall–Kier alpha value is -2.10. The van der Waals surface area contributed by atoms with Gasteiger partial charge in [0.15, 0.2) is 0 Å². The molecule has 0 N–H and O–H groups in total. The molecule has 4 heteroatoms. The molecule has 2 rings (SSSR count). The van der Waals surface area contributed by atoms with E-state index in [1.54, 1.807) is 7.11 Å². The molecule has 0 bridgehead atoms. The molecule has 1 heterocycles. The van der Waals surface area contributed by atoms with Crippen LogP contribution in [0.2, 0.25) is 0 Å². The molecule has 0 amide bonds. The Morgan fingerprint density at radius 2 is 2.00 bits per heavy atom. The van der Waals surface area contributed by atoms with E-state index in [1.807, 2.05) is 31.2 Å². The molecule has 1 aromatic heterocycles. The van der Waals surface area contributed by atoms with Crippen molar-refractivity contribution in [3.63, 3.8) is 0 Å². The zero-order valence-corrected chi connectivity index (χ0v) is 10.7. The summed E-state index contributed by atoms with van der Waals surface area (Å²) in [6, 6.07) is 7.57. The second-order valence-corrected chi connectivity index (χ2v) is 4.03. The van der Waals surface area contributed by atoms with Crippen molar-refractivity contribution >= 4 is 16.9 Å². The van der Waals surface area contributed by atoms with E-state index in [4.69, 9.17) is 9.47 Å². The molecular formula is C14H15NO3. The van der Waals surface area contributed by atoms with Crippen molar-refractivity contribution in [1.82, 2.24) is 4.98 Å². The van der Waals surface area contributed by atoms with Gasteiger partial charge in [0, 0.05) is 11.1 Å². The summed E-state index contributed by atoms with van der Waals surface area (Å²) in [4.78, 5) is 15.8. The highest BCUT2D eigenvalue weighted by Crippen LogP contribution is 2.27. The maximum absolute atomic E-state index is 11.4. The number of aromatic nitrogens is 1. The maximum Gasteiger partial charge on any atom is 0.310 e. The number of hydrogen-bond acceptors (Lipinski definition) is 4. The zero-order valence-electron chi connectivity index (χ0n) is 10.7. The molecular weight excluding hydrogens is 230 g/mol. The van der Waals surface area contributed by atoms with Gasteiger partial charge in [-0.3, -0.25) is 4.79 Å². The molecule has 0 fully saturated rings. The largest absolute Gasteiger partial charge is 0.494 e. The Kier molecular flexibility index (Phi) is 3.46. The van der Waals surface area contributed by atoms with Crippen molar-refractivity contribution in [2.24, 2.45) is 0 Å². The standard InChI is InChI=1S/C14H15NO3/c1-9-4-6-11-10(8-13(16)18-3)5-7-12(17-2)14(11)15-9/h4-7H,8H2,1-3H3. The van der Waals surface area contributed by atoms with Crippen LogP contribution < -0.4 is 4.74 Å². The van der Waals surface area contributed by atoms with Gasteiger partial charge in [-0.1, -0.05) is 12.1 Å². The number of hydrogen-bond donors (Lipinski definition) is 0. The van der Waals surface area contributed by atoms with Crippen LogP contribution in [0.15, 0.2) is 24.3 Å². The zero-order chi connectivity index (χ0) is 13.1. The summed E-state index contributed by atoms with van der Waals surface area (Å²) in [5, 5.41) is 0.922. The summed E-state index contributed by atoms with van der Waals surface area (Å²) >= 11 is 0. The Morgan fingerprint density at radius 3 is 2.67 bits per heavy atom. The van der Waals surface area contributed by atoms with E-state index in [0.717, 1.165) is 22.2 Å². The second-order valence-electron chi connectivity index (χ2n) is 4.03. The summed E-state index contributed by atoms with van der Waals surface area (Å²) in [5.74, 6) is 0.448. The van der Waals surface area contributed by atoms with E-state index >= 15 is 0 Å². The minimum Gasteiger partial charge on any atom is -0.494 e. The lowest BCUT2D eigenvalue weighted by Crippen LogP contribution is -2.05. The minimum absolute atomic E-state index is 0.238. The van der Waals surface area contributed by atoms with Crippen LogP contribution in [0, 0.1) is 6.92 Å². The van der Waals surface area contributed by atoms with Crippen LogP contribution in [0.5, 0.6) is 5.75 Å². The normalized spacial score (nSPS) is 10.4. The molecule has 4 nitrogen and oxygen atoms in total. The first-order valence-corrected chi connectivity index (χ1v) is 5.65. The van der Waals surface area contributed by atoms with Gasteiger partial charge in [0.05, 0.1) is 20.6 Å². The summed E-state index contributed by atoms with van der Waals surface area (Å²) < 4.78 is 9.98. The van der Waals surface area contributed by atoms with Crippen molar-refractivity contribution < 1.29 is 14.3 Å². The number of aryl methyl sites for hydroxylation is 1. The molecule has 0 unspecified atom stereocenters. The monoisotopic (exact) mass is 245 g/mol. The van der Waals surface area contributed by atoms with E-state index in [2.05, 4.69) is 4.98 Å². The number of carbonyl (C=O) groups excluding carboxylic acids is 1. The Labute approximate surface area is 106 Å². The Morgan fingerprint density at radius 1 is 1.22 bits per heavy atom. The summed E-state index contributed by atoms with van der Waals surface area (Å²) in [6.07, 6.45) is 0.238. The van der Waals surface area contributed by atoms with Crippen molar-refractivity contribution in [2.45, 2.75) is 13.3 Å². The highest BCUT2D eigenvalue weighted by atomic mass is 16.5. The molecule has 0 atom stereocenters. The fourth-order valence-corrected chi connectivity index (χ4v) is 1.90. The van der Waals surface area contributed by atoms with Gasteiger partial charge >= 0.3 is 5.97 Å². The van der Waals surface area contributed by atoms with Crippen molar-refractivity contribution in [3.05, 3.63) is 35.5 Å². The fraction of sp³-hybridized carbons (Fsp3) is 0.286. The highest BCUT2D eigenvalue weighted by molar-refractivity contribution is 5.90. The third-order valence-electron chi connectivity index (χ3n) is 2.83. The molecule has 0 aliphatic rings. The van der Waals surface area contributed by atoms with Gasteiger partial charge in [0.25, 0.3) is 0 Å². The highest BCUT2D eigenvalue weighted by Gasteiger charge is 2.11. The average Bonchev–Trinajstić information content (AvgIpc) is 2.38. The van der Waals surface area contributed by atoms with Crippen LogP contribution in [0.4, 0.5) is 0 Å². The number of nitrogens with zero attached hydrogens (tertiary/aromatic N) is 1. The number of pyridine rings is 1. The van der Waals surface area contributed by atoms with Gasteiger partial charge < -0.3 is 9.47 Å². The number of rotatable bonds is 3. The number of methoxy groups -OCH3 is 2. The lowest BCUT2D eigenvalue weighted by Gasteiger charge is -2.09. The molecule has 0 aliphatic heterocycles. The third kappa shape index (κ3) is 2.27. The van der Waals surface area contributed by atoms with Gasteiger partial charge in [0.2, 0.25) is 0 Å². The maximum atomic E-state index is 11.4. The predicted molar refractivity (Wildman–Crippen MR) is 68.8 cm³/mol. The number of carbonyl (C=O) groups is 1. The van der Waals surface area contributed by atoms with Crippen LogP contribution in [0.1, 0.15) is 11.3 Å². The van der Waals surface area contributed by atoms with E-state index in [1.165, 1.54) is 7.11 Å². The van der Waals surface area contributed by atoms with Crippen LogP contribution in [0.25, 0.3) is 10.9 Å². The predicted octanol–water partition coefficient (Wildman–Crippen LogP) is 2.27. The molecule has 0 radical (unpaired) electrons. The second kappa shape index (κ2) is 5.04. The SMILES string of the molecule is COC(=O)Cc1ccc(OC)c2nc(C)ccc12.